The van der Waals surface area contributed by atoms with Crippen molar-refractivity contribution in [2.45, 2.75) is 19.8 Å². The zero-order valence-corrected chi connectivity index (χ0v) is 7.73. The SMILES string of the molecule is CC(C)c1ccc(NS)cc1. The minimum Gasteiger partial charge on any atom is -0.332 e. The topological polar surface area (TPSA) is 12.0 Å². The van der Waals surface area contributed by atoms with Gasteiger partial charge in [-0.05, 0) is 23.6 Å². The summed E-state index contributed by atoms with van der Waals surface area (Å²) < 4.78 is 2.79. The molecular formula is C9H13NS. The van der Waals surface area contributed by atoms with E-state index < -0.39 is 0 Å². The van der Waals surface area contributed by atoms with E-state index in [1.165, 1.54) is 5.56 Å². The molecule has 0 heterocycles. The second-order valence-electron chi connectivity index (χ2n) is 2.89. The summed E-state index contributed by atoms with van der Waals surface area (Å²) in [5.41, 5.74) is 2.40. The number of benzene rings is 1. The van der Waals surface area contributed by atoms with Crippen LogP contribution in [0.2, 0.25) is 0 Å². The average molecular weight is 167 g/mol. The number of nitrogens with one attached hydrogen (secondary N) is 1. The van der Waals surface area contributed by atoms with Crippen LogP contribution in [0.15, 0.2) is 24.3 Å². The lowest BCUT2D eigenvalue weighted by Crippen LogP contribution is -1.86. The van der Waals surface area contributed by atoms with Crippen LogP contribution < -0.4 is 4.72 Å². The van der Waals surface area contributed by atoms with Crippen LogP contribution in [-0.4, -0.2) is 0 Å². The van der Waals surface area contributed by atoms with Crippen molar-refractivity contribution in [2.75, 3.05) is 4.72 Å². The van der Waals surface area contributed by atoms with Crippen LogP contribution in [-0.2, 0) is 0 Å². The van der Waals surface area contributed by atoms with Crippen molar-refractivity contribution in [2.24, 2.45) is 0 Å². The van der Waals surface area contributed by atoms with Crippen LogP contribution in [0.25, 0.3) is 0 Å². The Kier molecular flexibility index (Phi) is 2.83. The van der Waals surface area contributed by atoms with Gasteiger partial charge in [0.15, 0.2) is 0 Å². The number of hydrogen-bond donors (Lipinski definition) is 2. The van der Waals surface area contributed by atoms with Crippen molar-refractivity contribution in [1.29, 1.82) is 0 Å². The number of thiol groups is 1. The molecule has 0 saturated carbocycles. The zero-order valence-electron chi connectivity index (χ0n) is 6.83. The quantitative estimate of drug-likeness (QED) is 0.645. The summed E-state index contributed by atoms with van der Waals surface area (Å²) in [6, 6.07) is 8.29. The molecule has 2 heteroatoms. The van der Waals surface area contributed by atoms with Gasteiger partial charge in [-0.15, -0.1) is 0 Å². The average Bonchev–Trinajstić information content (AvgIpc) is 2.05. The van der Waals surface area contributed by atoms with Crippen molar-refractivity contribution >= 4 is 18.5 Å². The number of anilines is 1. The fourth-order valence-electron chi connectivity index (χ4n) is 0.943. The van der Waals surface area contributed by atoms with Crippen LogP contribution in [0.4, 0.5) is 5.69 Å². The Labute approximate surface area is 73.4 Å². The molecule has 0 aromatic heterocycles. The van der Waals surface area contributed by atoms with Crippen LogP contribution in [0.1, 0.15) is 25.3 Å². The van der Waals surface area contributed by atoms with Crippen molar-refractivity contribution in [1.82, 2.24) is 0 Å². The summed E-state index contributed by atoms with van der Waals surface area (Å²) in [5, 5.41) is 0. The molecule has 0 atom stereocenters. The standard InChI is InChI=1S/C9H13NS/c1-7(2)8-3-5-9(10-11)6-4-8/h3-7,10-11H,1-2H3. The molecule has 0 aliphatic heterocycles. The fraction of sp³-hybridized carbons (Fsp3) is 0.333. The first-order valence-corrected chi connectivity index (χ1v) is 4.19. The third kappa shape index (κ3) is 2.15. The first-order valence-electron chi connectivity index (χ1n) is 3.74. The van der Waals surface area contributed by atoms with E-state index in [0.29, 0.717) is 5.92 Å². The van der Waals surface area contributed by atoms with Gasteiger partial charge in [0, 0.05) is 5.69 Å². The lowest BCUT2D eigenvalue weighted by molar-refractivity contribution is 0.867. The van der Waals surface area contributed by atoms with E-state index in [-0.39, 0.29) is 0 Å². The molecule has 0 bridgehead atoms. The summed E-state index contributed by atoms with van der Waals surface area (Å²) in [6.45, 7) is 4.37. The molecule has 0 radical (unpaired) electrons. The molecule has 0 saturated heterocycles. The van der Waals surface area contributed by atoms with Gasteiger partial charge in [-0.3, -0.25) is 0 Å². The molecule has 60 valence electrons. The molecule has 0 spiro atoms. The molecule has 1 rings (SSSR count). The molecule has 0 fully saturated rings. The van der Waals surface area contributed by atoms with Gasteiger partial charge in [-0.25, -0.2) is 0 Å². The maximum absolute atomic E-state index is 3.95. The molecular weight excluding hydrogens is 154 g/mol. The van der Waals surface area contributed by atoms with Gasteiger partial charge < -0.3 is 4.72 Å². The van der Waals surface area contributed by atoms with E-state index in [4.69, 9.17) is 0 Å². The van der Waals surface area contributed by atoms with E-state index in [0.717, 1.165) is 5.69 Å². The van der Waals surface area contributed by atoms with Gasteiger partial charge in [-0.2, -0.15) is 0 Å². The fourth-order valence-corrected chi connectivity index (χ4v) is 1.09. The lowest BCUT2D eigenvalue weighted by Gasteiger charge is -2.05. The Morgan fingerprint density at radius 2 is 1.73 bits per heavy atom. The molecule has 0 aliphatic rings. The molecule has 0 unspecified atom stereocenters. The summed E-state index contributed by atoms with van der Waals surface area (Å²) in [4.78, 5) is 0. The van der Waals surface area contributed by atoms with Crippen LogP contribution in [0, 0.1) is 0 Å². The maximum Gasteiger partial charge on any atom is 0.0438 e. The highest BCUT2D eigenvalue weighted by atomic mass is 32.1. The highest BCUT2D eigenvalue weighted by Gasteiger charge is 1.96. The van der Waals surface area contributed by atoms with Gasteiger partial charge in [0.25, 0.3) is 0 Å². The summed E-state index contributed by atoms with van der Waals surface area (Å²) in [7, 11) is 0. The maximum atomic E-state index is 3.95. The summed E-state index contributed by atoms with van der Waals surface area (Å²) in [6.07, 6.45) is 0. The normalized spacial score (nSPS) is 10.2. The molecule has 1 nitrogen and oxygen atoms in total. The Balaban J connectivity index is 2.83. The molecule has 1 aromatic rings. The lowest BCUT2D eigenvalue weighted by atomic mass is 10.0. The van der Waals surface area contributed by atoms with Gasteiger partial charge in [0.05, 0.1) is 0 Å². The number of rotatable bonds is 2. The van der Waals surface area contributed by atoms with Gasteiger partial charge in [-0.1, -0.05) is 38.8 Å². The predicted molar refractivity (Wildman–Crippen MR) is 53.1 cm³/mol. The Morgan fingerprint density at radius 1 is 1.18 bits per heavy atom. The molecule has 1 N–H and O–H groups in total. The number of hydrogen-bond acceptors (Lipinski definition) is 2. The van der Waals surface area contributed by atoms with Crippen molar-refractivity contribution in [3.8, 4) is 0 Å². The second-order valence-corrected chi connectivity index (χ2v) is 3.11. The minimum absolute atomic E-state index is 0.601. The first-order chi connectivity index (χ1) is 5.24. The largest absolute Gasteiger partial charge is 0.332 e. The Hall–Kier alpha value is -0.630. The zero-order chi connectivity index (χ0) is 8.27. The highest BCUT2D eigenvalue weighted by molar-refractivity contribution is 7.81. The molecule has 0 amide bonds. The van der Waals surface area contributed by atoms with Crippen LogP contribution >= 0.6 is 12.8 Å². The summed E-state index contributed by atoms with van der Waals surface area (Å²) >= 11 is 3.95. The third-order valence-corrected chi connectivity index (χ3v) is 1.96. The van der Waals surface area contributed by atoms with E-state index >= 15 is 0 Å². The van der Waals surface area contributed by atoms with Crippen LogP contribution in [0.3, 0.4) is 0 Å². The van der Waals surface area contributed by atoms with E-state index in [1.807, 2.05) is 12.1 Å². The van der Waals surface area contributed by atoms with Crippen molar-refractivity contribution in [3.63, 3.8) is 0 Å². The molecule has 11 heavy (non-hydrogen) atoms. The van der Waals surface area contributed by atoms with Crippen LogP contribution in [0.5, 0.6) is 0 Å². The van der Waals surface area contributed by atoms with Crippen molar-refractivity contribution in [3.05, 3.63) is 29.8 Å². The first kappa shape index (κ1) is 8.47. The van der Waals surface area contributed by atoms with E-state index in [9.17, 15) is 0 Å². The van der Waals surface area contributed by atoms with Gasteiger partial charge in [0.1, 0.15) is 0 Å². The second kappa shape index (κ2) is 3.67. The smallest absolute Gasteiger partial charge is 0.0438 e. The van der Waals surface area contributed by atoms with E-state index in [2.05, 4.69) is 43.5 Å². The monoisotopic (exact) mass is 167 g/mol. The van der Waals surface area contributed by atoms with Crippen molar-refractivity contribution < 1.29 is 0 Å². The molecule has 1 aromatic carbocycles. The minimum atomic E-state index is 0.601. The Bertz CT molecular complexity index is 216. The molecule has 0 aliphatic carbocycles. The van der Waals surface area contributed by atoms with E-state index in [1.54, 1.807) is 0 Å². The highest BCUT2D eigenvalue weighted by Crippen LogP contribution is 2.16. The Morgan fingerprint density at radius 3 is 2.09 bits per heavy atom. The predicted octanol–water partition coefficient (Wildman–Crippen LogP) is 3.07. The van der Waals surface area contributed by atoms with Gasteiger partial charge >= 0.3 is 0 Å². The third-order valence-electron chi connectivity index (χ3n) is 1.71. The summed E-state index contributed by atoms with van der Waals surface area (Å²) in [5.74, 6) is 0.601. The van der Waals surface area contributed by atoms with Gasteiger partial charge in [0.2, 0.25) is 0 Å².